The number of hydrogen-bond donors (Lipinski definition) is 1. The minimum atomic E-state index is 0.0414. The smallest absolute Gasteiger partial charge is 0.195 e. The zero-order valence-electron chi connectivity index (χ0n) is 8.16. The third-order valence-corrected chi connectivity index (χ3v) is 2.14. The van der Waals surface area contributed by atoms with E-state index < -0.39 is 0 Å². The lowest BCUT2D eigenvalue weighted by molar-refractivity contribution is 0.282. The highest BCUT2D eigenvalue weighted by Gasteiger charge is 2.04. The van der Waals surface area contributed by atoms with Crippen LogP contribution in [0.3, 0.4) is 0 Å². The summed E-state index contributed by atoms with van der Waals surface area (Å²) in [5, 5.41) is 8.95. The average Bonchev–Trinajstić information content (AvgIpc) is 2.59. The molecule has 0 fully saturated rings. The average molecular weight is 191 g/mol. The Hall–Kier alpha value is -1.35. The van der Waals surface area contributed by atoms with Gasteiger partial charge in [0.05, 0.1) is 6.61 Å². The summed E-state index contributed by atoms with van der Waals surface area (Å²) in [5.41, 5.74) is 2.49. The first-order valence-corrected chi connectivity index (χ1v) is 4.82. The second-order valence-electron chi connectivity index (χ2n) is 3.32. The maximum Gasteiger partial charge on any atom is 0.195 e. The molecule has 0 amide bonds. The highest BCUT2D eigenvalue weighted by Crippen LogP contribution is 2.18. The van der Waals surface area contributed by atoms with E-state index in [9.17, 15) is 0 Å². The Balaban J connectivity index is 2.43. The van der Waals surface area contributed by atoms with Crippen LogP contribution >= 0.6 is 0 Å². The van der Waals surface area contributed by atoms with Crippen molar-refractivity contribution >= 4 is 11.1 Å². The standard InChI is InChI=1S/C11H13NO2/c1-2-3-11-12-9-5-4-8(7-13)6-10(9)14-11/h4-6,13H,2-3,7H2,1H3. The fourth-order valence-corrected chi connectivity index (χ4v) is 1.44. The molecule has 0 aliphatic carbocycles. The lowest BCUT2D eigenvalue weighted by Gasteiger charge is -1.92. The zero-order chi connectivity index (χ0) is 9.97. The van der Waals surface area contributed by atoms with Crippen LogP contribution in [0.4, 0.5) is 0 Å². The number of aromatic nitrogens is 1. The largest absolute Gasteiger partial charge is 0.441 e. The van der Waals surface area contributed by atoms with Crippen molar-refractivity contribution in [1.29, 1.82) is 0 Å². The maximum absolute atomic E-state index is 8.95. The van der Waals surface area contributed by atoms with Crippen molar-refractivity contribution in [2.24, 2.45) is 0 Å². The van der Waals surface area contributed by atoms with E-state index >= 15 is 0 Å². The second-order valence-corrected chi connectivity index (χ2v) is 3.32. The van der Waals surface area contributed by atoms with Crippen LogP contribution in [0.1, 0.15) is 24.8 Å². The van der Waals surface area contributed by atoms with E-state index in [0.717, 1.165) is 35.4 Å². The van der Waals surface area contributed by atoms with Crippen molar-refractivity contribution in [3.8, 4) is 0 Å². The number of aliphatic hydroxyl groups is 1. The van der Waals surface area contributed by atoms with Gasteiger partial charge in [-0.2, -0.15) is 0 Å². The molecule has 14 heavy (non-hydrogen) atoms. The van der Waals surface area contributed by atoms with E-state index in [-0.39, 0.29) is 6.61 Å². The molecule has 2 rings (SSSR count). The van der Waals surface area contributed by atoms with Gasteiger partial charge in [-0.05, 0) is 24.1 Å². The first-order chi connectivity index (χ1) is 6.83. The van der Waals surface area contributed by atoms with Gasteiger partial charge >= 0.3 is 0 Å². The number of nitrogens with zero attached hydrogens (tertiary/aromatic N) is 1. The molecule has 2 aromatic rings. The van der Waals surface area contributed by atoms with Gasteiger partial charge in [0.2, 0.25) is 0 Å². The Morgan fingerprint density at radius 1 is 1.43 bits per heavy atom. The van der Waals surface area contributed by atoms with Crippen molar-refractivity contribution < 1.29 is 9.52 Å². The molecular formula is C11H13NO2. The topological polar surface area (TPSA) is 46.3 Å². The summed E-state index contributed by atoms with van der Waals surface area (Å²) in [6, 6.07) is 5.58. The quantitative estimate of drug-likeness (QED) is 0.809. The Bertz CT molecular complexity index is 434. The minimum absolute atomic E-state index is 0.0414. The van der Waals surface area contributed by atoms with E-state index in [1.165, 1.54) is 0 Å². The molecule has 1 aromatic carbocycles. The molecule has 0 atom stereocenters. The van der Waals surface area contributed by atoms with Crippen LogP contribution in [0.2, 0.25) is 0 Å². The van der Waals surface area contributed by atoms with Gasteiger partial charge in [0.1, 0.15) is 5.52 Å². The lowest BCUT2D eigenvalue weighted by Crippen LogP contribution is -1.81. The first-order valence-electron chi connectivity index (χ1n) is 4.82. The predicted octanol–water partition coefficient (Wildman–Crippen LogP) is 2.27. The van der Waals surface area contributed by atoms with Crippen molar-refractivity contribution in [2.45, 2.75) is 26.4 Å². The van der Waals surface area contributed by atoms with Crippen LogP contribution in [0.25, 0.3) is 11.1 Å². The molecule has 0 saturated carbocycles. The molecule has 3 nitrogen and oxygen atoms in total. The van der Waals surface area contributed by atoms with Gasteiger partial charge in [-0.25, -0.2) is 4.98 Å². The van der Waals surface area contributed by atoms with Crippen LogP contribution in [0, 0.1) is 0 Å². The van der Waals surface area contributed by atoms with E-state index in [1.807, 2.05) is 18.2 Å². The maximum atomic E-state index is 8.95. The minimum Gasteiger partial charge on any atom is -0.441 e. The van der Waals surface area contributed by atoms with Crippen LogP contribution in [-0.4, -0.2) is 10.1 Å². The molecule has 0 unspecified atom stereocenters. The zero-order valence-corrected chi connectivity index (χ0v) is 8.16. The van der Waals surface area contributed by atoms with Crippen LogP contribution in [-0.2, 0) is 13.0 Å². The summed E-state index contributed by atoms with van der Waals surface area (Å²) in [4.78, 5) is 4.33. The molecule has 0 spiro atoms. The van der Waals surface area contributed by atoms with E-state index in [2.05, 4.69) is 11.9 Å². The number of oxazole rings is 1. The van der Waals surface area contributed by atoms with Gasteiger partial charge in [0.15, 0.2) is 11.5 Å². The predicted molar refractivity (Wildman–Crippen MR) is 53.9 cm³/mol. The van der Waals surface area contributed by atoms with Crippen LogP contribution < -0.4 is 0 Å². The van der Waals surface area contributed by atoms with Crippen molar-refractivity contribution in [2.75, 3.05) is 0 Å². The number of aliphatic hydroxyl groups excluding tert-OH is 1. The Morgan fingerprint density at radius 3 is 3.00 bits per heavy atom. The second kappa shape index (κ2) is 3.80. The molecule has 0 saturated heterocycles. The van der Waals surface area contributed by atoms with Crippen molar-refractivity contribution in [3.05, 3.63) is 29.7 Å². The normalized spacial score (nSPS) is 11.0. The lowest BCUT2D eigenvalue weighted by atomic mass is 10.2. The molecule has 3 heteroatoms. The monoisotopic (exact) mass is 191 g/mol. The Labute approximate surface area is 82.4 Å². The molecule has 0 bridgehead atoms. The molecule has 0 aliphatic rings. The molecule has 1 N–H and O–H groups in total. The number of hydrogen-bond acceptors (Lipinski definition) is 3. The van der Waals surface area contributed by atoms with Crippen LogP contribution in [0.15, 0.2) is 22.6 Å². The highest BCUT2D eigenvalue weighted by atomic mass is 16.3. The third-order valence-electron chi connectivity index (χ3n) is 2.14. The van der Waals surface area contributed by atoms with E-state index in [1.54, 1.807) is 0 Å². The summed E-state index contributed by atoms with van der Waals surface area (Å²) in [6.45, 7) is 2.13. The SMILES string of the molecule is CCCc1nc2ccc(CO)cc2o1. The Morgan fingerprint density at radius 2 is 2.29 bits per heavy atom. The number of aryl methyl sites for hydroxylation is 1. The summed E-state index contributed by atoms with van der Waals surface area (Å²) >= 11 is 0. The summed E-state index contributed by atoms with van der Waals surface area (Å²) < 4.78 is 5.53. The fourth-order valence-electron chi connectivity index (χ4n) is 1.44. The molecule has 1 aromatic heterocycles. The van der Waals surface area contributed by atoms with Gasteiger partial charge in [-0.3, -0.25) is 0 Å². The summed E-state index contributed by atoms with van der Waals surface area (Å²) in [5.74, 6) is 0.776. The third kappa shape index (κ3) is 1.63. The van der Waals surface area contributed by atoms with Gasteiger partial charge in [-0.15, -0.1) is 0 Å². The van der Waals surface area contributed by atoms with Gasteiger partial charge < -0.3 is 9.52 Å². The highest BCUT2D eigenvalue weighted by molar-refractivity contribution is 5.73. The first kappa shape index (κ1) is 9.21. The van der Waals surface area contributed by atoms with E-state index in [0.29, 0.717) is 0 Å². The van der Waals surface area contributed by atoms with Crippen LogP contribution in [0.5, 0.6) is 0 Å². The molecular weight excluding hydrogens is 178 g/mol. The summed E-state index contributed by atoms with van der Waals surface area (Å²) in [7, 11) is 0. The van der Waals surface area contributed by atoms with Gasteiger partial charge in [-0.1, -0.05) is 13.0 Å². The number of rotatable bonds is 3. The van der Waals surface area contributed by atoms with Gasteiger partial charge in [0.25, 0.3) is 0 Å². The molecule has 0 aliphatic heterocycles. The fraction of sp³-hybridized carbons (Fsp3) is 0.364. The van der Waals surface area contributed by atoms with Crippen molar-refractivity contribution in [1.82, 2.24) is 4.98 Å². The number of benzene rings is 1. The molecule has 74 valence electrons. The summed E-state index contributed by atoms with van der Waals surface area (Å²) in [6.07, 6.45) is 1.89. The van der Waals surface area contributed by atoms with Gasteiger partial charge in [0, 0.05) is 6.42 Å². The Kier molecular flexibility index (Phi) is 2.50. The van der Waals surface area contributed by atoms with E-state index in [4.69, 9.17) is 9.52 Å². The molecule has 1 heterocycles. The number of fused-ring (bicyclic) bond motifs is 1. The van der Waals surface area contributed by atoms with Crippen molar-refractivity contribution in [3.63, 3.8) is 0 Å². The molecule has 0 radical (unpaired) electrons.